The molecule has 3 aromatic rings. The van der Waals surface area contributed by atoms with E-state index in [0.29, 0.717) is 53.5 Å². The summed E-state index contributed by atoms with van der Waals surface area (Å²) in [5, 5.41) is 5.26. The molecule has 210 valence electrons. The van der Waals surface area contributed by atoms with Crippen molar-refractivity contribution in [2.45, 2.75) is 36.8 Å². The molecule has 0 bridgehead atoms. The Morgan fingerprint density at radius 3 is 2.73 bits per heavy atom. The normalized spacial score (nSPS) is 19.7. The van der Waals surface area contributed by atoms with Crippen molar-refractivity contribution in [2.24, 2.45) is 5.73 Å². The van der Waals surface area contributed by atoms with Crippen LogP contribution in [0, 0.1) is 6.92 Å². The second kappa shape index (κ2) is 11.0. The van der Waals surface area contributed by atoms with Gasteiger partial charge in [0.2, 0.25) is 5.91 Å². The van der Waals surface area contributed by atoms with Crippen LogP contribution in [0.15, 0.2) is 64.5 Å². The number of benzene rings is 2. The molecular formula is C29H30ClN3O5S2. The highest BCUT2D eigenvalue weighted by Gasteiger charge is 2.49. The fourth-order valence-corrected chi connectivity index (χ4v) is 6.93. The number of thiophene rings is 1. The number of carbonyl (C=O) groups is 2. The van der Waals surface area contributed by atoms with E-state index in [1.807, 2.05) is 35.4 Å². The predicted molar refractivity (Wildman–Crippen MR) is 157 cm³/mol. The molecule has 2 aliphatic rings. The number of likely N-dealkylation sites (tertiary alicyclic amines) is 1. The van der Waals surface area contributed by atoms with Gasteiger partial charge in [-0.15, -0.1) is 11.3 Å². The molecule has 3 heterocycles. The Hall–Kier alpha value is -3.18. The molecule has 2 aliphatic heterocycles. The van der Waals surface area contributed by atoms with E-state index in [1.165, 1.54) is 6.07 Å². The topological polar surface area (TPSA) is 119 Å². The van der Waals surface area contributed by atoms with Gasteiger partial charge in [-0.3, -0.25) is 9.69 Å². The maximum absolute atomic E-state index is 13.2. The molecule has 1 atom stereocenters. The predicted octanol–water partition coefficient (Wildman–Crippen LogP) is 4.16. The van der Waals surface area contributed by atoms with E-state index in [-0.39, 0.29) is 22.9 Å². The molecule has 1 fully saturated rings. The quantitative estimate of drug-likeness (QED) is 0.392. The molecule has 1 amide bonds. The number of piperidine rings is 1. The first-order valence-electron chi connectivity index (χ1n) is 12.8. The number of hydrogen-bond acceptors (Lipinski definition) is 8. The summed E-state index contributed by atoms with van der Waals surface area (Å²) in [5.41, 5.74) is 8.87. The zero-order chi connectivity index (χ0) is 28.7. The van der Waals surface area contributed by atoms with Gasteiger partial charge in [-0.1, -0.05) is 29.8 Å². The number of rotatable bonds is 7. The van der Waals surface area contributed by atoms with Crippen LogP contribution in [0.25, 0.3) is 16.7 Å². The third kappa shape index (κ3) is 5.67. The van der Waals surface area contributed by atoms with Crippen molar-refractivity contribution in [3.8, 4) is 11.1 Å². The fraction of sp³-hybridized carbons (Fsp3) is 0.310. The van der Waals surface area contributed by atoms with E-state index >= 15 is 0 Å². The number of halogens is 1. The lowest BCUT2D eigenvalue weighted by molar-refractivity contribution is -0.149. The first-order valence-corrected chi connectivity index (χ1v) is 16.0. The highest BCUT2D eigenvalue weighted by Crippen LogP contribution is 2.43. The average molecular weight is 600 g/mol. The smallest absolute Gasteiger partial charge is 0.341 e. The minimum absolute atomic E-state index is 0.101. The van der Waals surface area contributed by atoms with E-state index < -0.39 is 21.4 Å². The zero-order valence-corrected chi connectivity index (χ0v) is 24.6. The summed E-state index contributed by atoms with van der Waals surface area (Å²) in [5.74, 6) is -0.622. The number of sulfone groups is 1. The van der Waals surface area contributed by atoms with Gasteiger partial charge >= 0.3 is 5.97 Å². The third-order valence-corrected chi connectivity index (χ3v) is 9.65. The van der Waals surface area contributed by atoms with Crippen molar-refractivity contribution in [1.82, 2.24) is 10.2 Å². The number of hydrogen-bond donors (Lipinski definition) is 2. The molecular weight excluding hydrogens is 570 g/mol. The molecule has 1 spiro atoms. The molecule has 8 nitrogen and oxygen atoms in total. The number of carbonyl (C=O) groups excluding carboxylic acids is 2. The van der Waals surface area contributed by atoms with E-state index in [9.17, 15) is 18.0 Å². The summed E-state index contributed by atoms with van der Waals surface area (Å²) >= 11 is 8.27. The van der Waals surface area contributed by atoms with Gasteiger partial charge in [-0.2, -0.15) is 0 Å². The van der Waals surface area contributed by atoms with E-state index in [2.05, 4.69) is 5.32 Å². The zero-order valence-electron chi connectivity index (χ0n) is 22.2. The van der Waals surface area contributed by atoms with Crippen LogP contribution in [0.5, 0.6) is 0 Å². The molecule has 1 aromatic heterocycles. The first-order chi connectivity index (χ1) is 19.0. The number of nitrogens with zero attached hydrogens (tertiary/aromatic N) is 1. The summed E-state index contributed by atoms with van der Waals surface area (Å²) in [6, 6.07) is 14.0. The summed E-state index contributed by atoms with van der Waals surface area (Å²) < 4.78 is 30.0. The molecule has 1 unspecified atom stereocenters. The van der Waals surface area contributed by atoms with Crippen LogP contribution >= 0.6 is 22.9 Å². The van der Waals surface area contributed by atoms with Crippen LogP contribution in [0.1, 0.15) is 28.8 Å². The summed E-state index contributed by atoms with van der Waals surface area (Å²) in [6.45, 7) is 3.52. The Morgan fingerprint density at radius 2 is 2.00 bits per heavy atom. The number of aryl methyl sites for hydroxylation is 1. The van der Waals surface area contributed by atoms with Crippen molar-refractivity contribution >= 4 is 50.2 Å². The van der Waals surface area contributed by atoms with Crippen molar-refractivity contribution in [3.63, 3.8) is 0 Å². The van der Waals surface area contributed by atoms with Crippen LogP contribution in [0.4, 0.5) is 0 Å². The molecule has 40 heavy (non-hydrogen) atoms. The number of nitrogens with two attached hydrogens (primary N) is 1. The van der Waals surface area contributed by atoms with Crippen molar-refractivity contribution in [2.75, 3.05) is 25.9 Å². The van der Waals surface area contributed by atoms with Crippen LogP contribution in [0.2, 0.25) is 5.02 Å². The second-order valence-corrected chi connectivity index (χ2v) is 13.7. The third-order valence-electron chi connectivity index (χ3n) is 7.35. The Kier molecular flexibility index (Phi) is 7.80. The maximum Gasteiger partial charge on any atom is 0.341 e. The van der Waals surface area contributed by atoms with Crippen molar-refractivity contribution < 1.29 is 22.7 Å². The first kappa shape index (κ1) is 28.4. The van der Waals surface area contributed by atoms with Crippen LogP contribution < -0.4 is 11.1 Å². The van der Waals surface area contributed by atoms with Crippen LogP contribution in [-0.4, -0.2) is 56.7 Å². The highest BCUT2D eigenvalue weighted by atomic mass is 35.5. The maximum atomic E-state index is 13.2. The number of amides is 1. The Labute approximate surface area is 242 Å². The molecule has 5 rings (SSSR count). The highest BCUT2D eigenvalue weighted by molar-refractivity contribution is 7.90. The number of esters is 1. The summed E-state index contributed by atoms with van der Waals surface area (Å²) in [6.07, 6.45) is 2.43. The van der Waals surface area contributed by atoms with Crippen molar-refractivity contribution in [1.29, 1.82) is 0 Å². The van der Waals surface area contributed by atoms with Gasteiger partial charge < -0.3 is 15.8 Å². The standard InChI is InChI=1S/C29H30ClN3O5S2/c1-18-12-23(19-6-3-8-21(13-19)40(2,36)37)24(30)14-22(18)26-27(31)29(38-28(26)35)9-5-10-33(17-29)16-25(34)32-15-20-7-4-11-39-20/h3-4,6-8,11-14H,5,9-10,15-17,31H2,1-2H3,(H,32,34). The SMILES string of the molecule is Cc1cc(-c2cccc(S(C)(=O)=O)c2)c(Cl)cc1C1=C(N)C2(CCCN(CC(=O)NCc3cccs3)C2)OC1=O. The lowest BCUT2D eigenvalue weighted by Gasteiger charge is -2.39. The molecule has 1 saturated heterocycles. The van der Waals surface area contributed by atoms with Gasteiger partial charge in [0.15, 0.2) is 15.4 Å². The lowest BCUT2D eigenvalue weighted by Crippen LogP contribution is -2.53. The minimum atomic E-state index is -3.39. The van der Waals surface area contributed by atoms with Crippen LogP contribution in [-0.2, 0) is 30.7 Å². The Balaban J connectivity index is 1.39. The number of nitrogens with one attached hydrogen (secondary N) is 1. The molecule has 11 heteroatoms. The van der Waals surface area contributed by atoms with E-state index in [4.69, 9.17) is 22.1 Å². The van der Waals surface area contributed by atoms with Gasteiger partial charge in [0, 0.05) is 28.3 Å². The van der Waals surface area contributed by atoms with E-state index in [0.717, 1.165) is 23.1 Å². The van der Waals surface area contributed by atoms with Crippen molar-refractivity contribution in [3.05, 3.63) is 80.6 Å². The fourth-order valence-electron chi connectivity index (χ4n) is 5.35. The monoisotopic (exact) mass is 599 g/mol. The second-order valence-electron chi connectivity index (χ2n) is 10.3. The van der Waals surface area contributed by atoms with Gasteiger partial charge in [-0.25, -0.2) is 13.2 Å². The molecule has 3 N–H and O–H groups in total. The Bertz CT molecular complexity index is 1620. The summed E-state index contributed by atoms with van der Waals surface area (Å²) in [4.78, 5) is 29.1. The molecule has 0 radical (unpaired) electrons. The molecule has 2 aromatic carbocycles. The van der Waals surface area contributed by atoms with Gasteiger partial charge in [0.25, 0.3) is 0 Å². The number of ether oxygens (including phenoxy) is 1. The van der Waals surface area contributed by atoms with Gasteiger partial charge in [0.1, 0.15) is 0 Å². The lowest BCUT2D eigenvalue weighted by atomic mass is 9.86. The Morgan fingerprint density at radius 1 is 1.20 bits per heavy atom. The van der Waals surface area contributed by atoms with E-state index in [1.54, 1.807) is 35.6 Å². The van der Waals surface area contributed by atoms with Gasteiger partial charge in [0.05, 0.1) is 29.3 Å². The molecule has 0 saturated carbocycles. The van der Waals surface area contributed by atoms with Gasteiger partial charge in [-0.05, 0) is 78.7 Å². The summed E-state index contributed by atoms with van der Waals surface area (Å²) in [7, 11) is -3.39. The minimum Gasteiger partial charge on any atom is -0.448 e. The average Bonchev–Trinajstić information content (AvgIpc) is 3.50. The molecule has 0 aliphatic carbocycles. The van der Waals surface area contributed by atoms with Crippen LogP contribution in [0.3, 0.4) is 0 Å². The largest absolute Gasteiger partial charge is 0.448 e.